The maximum atomic E-state index is 14.8. The Hall–Kier alpha value is -3.38. The number of hydrogen-bond acceptors (Lipinski definition) is 7. The van der Waals surface area contributed by atoms with Crippen molar-refractivity contribution in [3.63, 3.8) is 0 Å². The average molecular weight is 490 g/mol. The molecule has 0 bridgehead atoms. The van der Waals surface area contributed by atoms with Gasteiger partial charge >= 0.3 is 6.09 Å². The van der Waals surface area contributed by atoms with Crippen molar-refractivity contribution < 1.29 is 27.1 Å². The maximum Gasteiger partial charge on any atom is 0.414 e. The highest BCUT2D eigenvalue weighted by atomic mass is 32.2. The van der Waals surface area contributed by atoms with Crippen LogP contribution in [0.2, 0.25) is 0 Å². The van der Waals surface area contributed by atoms with E-state index in [0.29, 0.717) is 43.4 Å². The molecule has 2 fully saturated rings. The summed E-state index contributed by atoms with van der Waals surface area (Å²) < 4.78 is 53.0. The minimum atomic E-state index is -3.75. The van der Waals surface area contributed by atoms with Crippen molar-refractivity contribution in [3.8, 4) is 0 Å². The molecule has 12 heteroatoms. The first kappa shape index (κ1) is 22.4. The normalized spacial score (nSPS) is 23.0. The lowest BCUT2D eigenvalue weighted by atomic mass is 10.2. The van der Waals surface area contributed by atoms with Gasteiger partial charge in [-0.15, -0.1) is 0 Å². The highest BCUT2D eigenvalue weighted by molar-refractivity contribution is 7.90. The first-order valence-corrected chi connectivity index (χ1v) is 12.3. The minimum Gasteiger partial charge on any atom is -0.442 e. The first-order chi connectivity index (χ1) is 16.3. The van der Waals surface area contributed by atoms with Crippen molar-refractivity contribution in [3.05, 3.63) is 48.3 Å². The second-order valence-corrected chi connectivity index (χ2v) is 9.80. The summed E-state index contributed by atoms with van der Waals surface area (Å²) >= 11 is 0. The van der Waals surface area contributed by atoms with Gasteiger partial charge in [0.25, 0.3) is 10.0 Å². The Balaban J connectivity index is 1.29. The summed E-state index contributed by atoms with van der Waals surface area (Å²) in [7, 11) is -2.05. The Morgan fingerprint density at radius 3 is 2.68 bits per heavy atom. The molecule has 1 amide bonds. The lowest BCUT2D eigenvalue weighted by Gasteiger charge is -2.29. The van der Waals surface area contributed by atoms with E-state index in [1.165, 1.54) is 17.0 Å². The smallest absolute Gasteiger partial charge is 0.414 e. The number of cyclic esters (lactones) is 1. The summed E-state index contributed by atoms with van der Waals surface area (Å²) in [6.07, 6.45) is -1.22. The Morgan fingerprint density at radius 1 is 1.15 bits per heavy atom. The number of amides is 1. The molecule has 3 heterocycles. The van der Waals surface area contributed by atoms with Gasteiger partial charge in [-0.3, -0.25) is 4.90 Å². The topological polar surface area (TPSA) is 104 Å². The molecule has 5 rings (SSSR count). The predicted octanol–water partition coefficient (Wildman–Crippen LogP) is 1.77. The number of anilines is 3. The third-order valence-corrected chi connectivity index (χ3v) is 7.35. The van der Waals surface area contributed by atoms with Crippen molar-refractivity contribution in [2.45, 2.75) is 11.0 Å². The van der Waals surface area contributed by atoms with Crippen LogP contribution in [0.5, 0.6) is 0 Å². The Bertz CT molecular complexity index is 1250. The molecule has 0 radical (unpaired) electrons. The van der Waals surface area contributed by atoms with Gasteiger partial charge < -0.3 is 19.3 Å². The molecular weight excluding hydrogens is 465 g/mol. The molecule has 2 saturated heterocycles. The second-order valence-electron chi connectivity index (χ2n) is 8.15. The van der Waals surface area contributed by atoms with Crippen LogP contribution in [0, 0.1) is 5.82 Å². The van der Waals surface area contributed by atoms with E-state index in [2.05, 4.69) is 9.71 Å². The van der Waals surface area contributed by atoms with Crippen molar-refractivity contribution in [1.29, 1.82) is 0 Å². The molecule has 34 heavy (non-hydrogen) atoms. The van der Waals surface area contributed by atoms with Crippen molar-refractivity contribution in [1.82, 2.24) is 4.72 Å². The number of nitrogens with one attached hydrogen (secondary N) is 1. The minimum absolute atomic E-state index is 0.0426. The fraction of sp³-hybridized carbons (Fsp3) is 0.364. The van der Waals surface area contributed by atoms with Crippen LogP contribution in [-0.4, -0.2) is 73.0 Å². The van der Waals surface area contributed by atoms with E-state index < -0.39 is 28.0 Å². The lowest BCUT2D eigenvalue weighted by Crippen LogP contribution is -2.47. The Morgan fingerprint density at radius 2 is 1.91 bits per heavy atom. The van der Waals surface area contributed by atoms with E-state index in [0.717, 1.165) is 0 Å². The van der Waals surface area contributed by atoms with Gasteiger partial charge in [-0.25, -0.2) is 27.3 Å². The molecule has 1 N–H and O–H groups in total. The largest absolute Gasteiger partial charge is 0.442 e. The average Bonchev–Trinajstić information content (AvgIpc) is 3.21. The SMILES string of the molecule is CN1C(=NC[C@H]2CN(c3ccc(N4CCOCC4)c(F)c3)C(=O)O2)NS(=O)(=O)c2ccccc21. The monoisotopic (exact) mass is 489 g/mol. The number of halogens is 1. The number of rotatable bonds is 4. The lowest BCUT2D eigenvalue weighted by molar-refractivity contribution is 0.122. The predicted molar refractivity (Wildman–Crippen MR) is 125 cm³/mol. The van der Waals surface area contributed by atoms with Crippen LogP contribution < -0.4 is 19.4 Å². The van der Waals surface area contributed by atoms with Crippen LogP contribution in [-0.2, 0) is 19.5 Å². The molecule has 10 nitrogen and oxygen atoms in total. The zero-order chi connectivity index (χ0) is 23.9. The number of sulfonamides is 1. The van der Waals surface area contributed by atoms with Crippen LogP contribution >= 0.6 is 0 Å². The molecule has 180 valence electrons. The number of benzene rings is 2. The standard InChI is InChI=1S/C22H24FN5O5S/c1-26-19-4-2-3-5-20(19)34(30,31)25-21(26)24-13-16-14-28(22(29)33-16)15-6-7-18(17(23)12-15)27-8-10-32-11-9-27/h2-7,12,16H,8-11,13-14H2,1H3,(H,24,25)/t16-/m0/s1. The molecule has 3 aliphatic heterocycles. The van der Waals surface area contributed by atoms with Crippen molar-refractivity contribution in [2.75, 3.05) is 61.1 Å². The summed E-state index contributed by atoms with van der Waals surface area (Å²) in [6.45, 7) is 2.50. The first-order valence-electron chi connectivity index (χ1n) is 10.8. The van der Waals surface area contributed by atoms with E-state index in [9.17, 15) is 17.6 Å². The molecule has 0 saturated carbocycles. The number of carbonyl (C=O) groups is 1. The van der Waals surface area contributed by atoms with Crippen molar-refractivity contribution in [2.24, 2.45) is 4.99 Å². The van der Waals surface area contributed by atoms with Crippen LogP contribution in [0.3, 0.4) is 0 Å². The van der Waals surface area contributed by atoms with E-state index in [1.807, 2.05) is 4.90 Å². The Labute approximate surface area is 196 Å². The van der Waals surface area contributed by atoms with E-state index in [4.69, 9.17) is 9.47 Å². The molecule has 1 atom stereocenters. The highest BCUT2D eigenvalue weighted by Crippen LogP contribution is 2.30. The number of guanidine groups is 1. The summed E-state index contributed by atoms with van der Waals surface area (Å²) in [5.41, 5.74) is 1.36. The summed E-state index contributed by atoms with van der Waals surface area (Å²) in [5, 5.41) is 0. The fourth-order valence-electron chi connectivity index (χ4n) is 4.20. The highest BCUT2D eigenvalue weighted by Gasteiger charge is 2.34. The third kappa shape index (κ3) is 4.14. The maximum absolute atomic E-state index is 14.8. The Kier molecular flexibility index (Phi) is 5.78. The van der Waals surface area contributed by atoms with Gasteiger partial charge in [0.15, 0.2) is 0 Å². The molecule has 3 aliphatic rings. The van der Waals surface area contributed by atoms with Gasteiger partial charge in [0.1, 0.15) is 16.8 Å². The molecular formula is C22H24FN5O5S. The van der Waals surface area contributed by atoms with E-state index in [-0.39, 0.29) is 23.9 Å². The number of para-hydroxylation sites is 1. The fourth-order valence-corrected chi connectivity index (χ4v) is 5.49. The zero-order valence-corrected chi connectivity index (χ0v) is 19.3. The van der Waals surface area contributed by atoms with Crippen molar-refractivity contribution >= 4 is 39.1 Å². The van der Waals surface area contributed by atoms with Crippen LogP contribution in [0.4, 0.5) is 26.2 Å². The number of carbonyl (C=O) groups excluding carboxylic acids is 1. The van der Waals surface area contributed by atoms with E-state index >= 15 is 0 Å². The summed E-state index contributed by atoms with van der Waals surface area (Å²) in [4.78, 5) is 21.8. The molecule has 0 aliphatic carbocycles. The number of morpholine rings is 1. The van der Waals surface area contributed by atoms with Gasteiger partial charge in [-0.05, 0) is 30.3 Å². The summed E-state index contributed by atoms with van der Waals surface area (Å²) in [5.74, 6) is -0.290. The number of hydrogen-bond donors (Lipinski definition) is 1. The summed E-state index contributed by atoms with van der Waals surface area (Å²) in [6, 6.07) is 11.3. The van der Waals surface area contributed by atoms with Gasteiger partial charge in [0.05, 0.1) is 43.4 Å². The number of nitrogens with zero attached hydrogens (tertiary/aromatic N) is 4. The molecule has 0 aromatic heterocycles. The van der Waals surface area contributed by atoms with Crippen LogP contribution in [0.1, 0.15) is 0 Å². The number of aliphatic imine (C=N–C) groups is 1. The second kappa shape index (κ2) is 8.76. The zero-order valence-electron chi connectivity index (χ0n) is 18.5. The quantitative estimate of drug-likeness (QED) is 0.698. The molecule has 2 aromatic carbocycles. The number of ether oxygens (including phenoxy) is 2. The molecule has 0 spiro atoms. The van der Waals surface area contributed by atoms with E-state index in [1.54, 1.807) is 42.3 Å². The van der Waals surface area contributed by atoms with Crippen LogP contribution in [0.15, 0.2) is 52.4 Å². The third-order valence-electron chi connectivity index (χ3n) is 5.97. The van der Waals surface area contributed by atoms with Gasteiger partial charge in [-0.1, -0.05) is 12.1 Å². The van der Waals surface area contributed by atoms with Crippen LogP contribution in [0.25, 0.3) is 0 Å². The van der Waals surface area contributed by atoms with Gasteiger partial charge in [0.2, 0.25) is 5.96 Å². The molecule has 0 unspecified atom stereocenters. The molecule has 2 aromatic rings. The number of fused-ring (bicyclic) bond motifs is 1. The van der Waals surface area contributed by atoms with Gasteiger partial charge in [0, 0.05) is 20.1 Å². The van der Waals surface area contributed by atoms with Gasteiger partial charge in [-0.2, -0.15) is 0 Å².